The molecule has 0 aliphatic carbocycles. The number of benzene rings is 1. The van der Waals surface area contributed by atoms with Gasteiger partial charge >= 0.3 is 0 Å². The molecule has 2 N–H and O–H groups in total. The number of H-pyrrole nitrogens is 1. The quantitative estimate of drug-likeness (QED) is 0.596. The lowest BCUT2D eigenvalue weighted by atomic mass is 10.2. The third-order valence-corrected chi connectivity index (χ3v) is 2.36. The van der Waals surface area contributed by atoms with E-state index in [1.807, 2.05) is 37.4 Å². The molecule has 0 atom stereocenters. The van der Waals surface area contributed by atoms with Crippen LogP contribution in [0.15, 0.2) is 47.7 Å². The van der Waals surface area contributed by atoms with Crippen molar-refractivity contribution in [3.63, 3.8) is 0 Å². The van der Waals surface area contributed by atoms with Gasteiger partial charge in [-0.1, -0.05) is 12.1 Å². The number of aromatic amines is 1. The van der Waals surface area contributed by atoms with E-state index >= 15 is 0 Å². The van der Waals surface area contributed by atoms with Gasteiger partial charge in [-0.15, -0.1) is 0 Å². The van der Waals surface area contributed by atoms with Crippen molar-refractivity contribution < 1.29 is 0 Å². The molecule has 0 saturated carbocycles. The Kier molecular flexibility index (Phi) is 3.05. The SMILES string of the molecule is C/C(=N\Nc1cccc(C)c1)c1ccc[nH]1. The summed E-state index contributed by atoms with van der Waals surface area (Å²) >= 11 is 0. The molecule has 82 valence electrons. The molecule has 1 heterocycles. The fraction of sp³-hybridized carbons (Fsp3) is 0.154. The van der Waals surface area contributed by atoms with Crippen LogP contribution in [0.2, 0.25) is 0 Å². The predicted octanol–water partition coefficient (Wildman–Crippen LogP) is 3.16. The zero-order chi connectivity index (χ0) is 11.4. The Morgan fingerprint density at radius 1 is 1.25 bits per heavy atom. The minimum Gasteiger partial charge on any atom is -0.360 e. The van der Waals surface area contributed by atoms with Crippen LogP contribution >= 0.6 is 0 Å². The van der Waals surface area contributed by atoms with Crippen molar-refractivity contribution in [2.75, 3.05) is 5.43 Å². The fourth-order valence-electron chi connectivity index (χ4n) is 1.48. The highest BCUT2D eigenvalue weighted by molar-refractivity contribution is 5.97. The summed E-state index contributed by atoms with van der Waals surface area (Å²) in [6, 6.07) is 12.1. The van der Waals surface area contributed by atoms with Crippen LogP contribution < -0.4 is 5.43 Å². The van der Waals surface area contributed by atoms with E-state index in [-0.39, 0.29) is 0 Å². The van der Waals surface area contributed by atoms with E-state index in [4.69, 9.17) is 0 Å². The molecule has 0 radical (unpaired) electrons. The Bertz CT molecular complexity index is 484. The second kappa shape index (κ2) is 4.66. The summed E-state index contributed by atoms with van der Waals surface area (Å²) in [7, 11) is 0. The molecule has 16 heavy (non-hydrogen) atoms. The monoisotopic (exact) mass is 213 g/mol. The number of aromatic nitrogens is 1. The molecule has 3 heteroatoms. The molecule has 0 fully saturated rings. The predicted molar refractivity (Wildman–Crippen MR) is 67.8 cm³/mol. The number of anilines is 1. The largest absolute Gasteiger partial charge is 0.360 e. The third-order valence-electron chi connectivity index (χ3n) is 2.36. The molecule has 0 aliphatic rings. The standard InChI is InChI=1S/C13H15N3/c1-10-5-3-6-12(9-10)16-15-11(2)13-7-4-8-14-13/h3-9,14,16H,1-2H3/b15-11+. The minimum absolute atomic E-state index is 0.937. The van der Waals surface area contributed by atoms with Gasteiger partial charge in [-0.25, -0.2) is 0 Å². The molecular formula is C13H15N3. The normalized spacial score (nSPS) is 11.5. The van der Waals surface area contributed by atoms with Crippen LogP contribution in [0.3, 0.4) is 0 Å². The molecule has 0 spiro atoms. The lowest BCUT2D eigenvalue weighted by Gasteiger charge is -2.02. The number of hydrogen-bond acceptors (Lipinski definition) is 2. The van der Waals surface area contributed by atoms with Gasteiger partial charge in [0.2, 0.25) is 0 Å². The lowest BCUT2D eigenvalue weighted by molar-refractivity contribution is 1.28. The van der Waals surface area contributed by atoms with Crippen LogP contribution in [0.1, 0.15) is 18.2 Å². The fourth-order valence-corrected chi connectivity index (χ4v) is 1.48. The first kappa shape index (κ1) is 10.5. The molecule has 3 nitrogen and oxygen atoms in total. The molecule has 1 aromatic carbocycles. The van der Waals surface area contributed by atoms with Crippen LogP contribution in [0.25, 0.3) is 0 Å². The van der Waals surface area contributed by atoms with Crippen LogP contribution in [0.5, 0.6) is 0 Å². The number of nitrogens with zero attached hydrogens (tertiary/aromatic N) is 1. The topological polar surface area (TPSA) is 40.2 Å². The molecular weight excluding hydrogens is 198 g/mol. The second-order valence-corrected chi connectivity index (χ2v) is 3.76. The summed E-state index contributed by atoms with van der Waals surface area (Å²) < 4.78 is 0. The zero-order valence-corrected chi connectivity index (χ0v) is 9.49. The Morgan fingerprint density at radius 3 is 2.81 bits per heavy atom. The van der Waals surface area contributed by atoms with Gasteiger partial charge in [0.15, 0.2) is 0 Å². The highest BCUT2D eigenvalue weighted by Crippen LogP contribution is 2.09. The first-order valence-corrected chi connectivity index (χ1v) is 5.26. The molecule has 0 unspecified atom stereocenters. The molecule has 0 amide bonds. The zero-order valence-electron chi connectivity index (χ0n) is 9.49. The summed E-state index contributed by atoms with van der Waals surface area (Å²) in [5.41, 5.74) is 7.23. The van der Waals surface area contributed by atoms with Gasteiger partial charge < -0.3 is 4.98 Å². The average Bonchev–Trinajstić information content (AvgIpc) is 2.79. The number of rotatable bonds is 3. The summed E-state index contributed by atoms with van der Waals surface area (Å²) in [5.74, 6) is 0. The van der Waals surface area contributed by atoms with Gasteiger partial charge in [-0.2, -0.15) is 5.10 Å². The molecule has 0 bridgehead atoms. The van der Waals surface area contributed by atoms with E-state index < -0.39 is 0 Å². The first-order chi connectivity index (χ1) is 7.75. The van der Waals surface area contributed by atoms with Crippen molar-refractivity contribution >= 4 is 11.4 Å². The van der Waals surface area contributed by atoms with Crippen molar-refractivity contribution in [2.45, 2.75) is 13.8 Å². The summed E-state index contributed by atoms with van der Waals surface area (Å²) in [4.78, 5) is 3.11. The average molecular weight is 213 g/mol. The van der Waals surface area contributed by atoms with Gasteiger partial charge in [0.1, 0.15) is 0 Å². The van der Waals surface area contributed by atoms with Crippen molar-refractivity contribution in [1.29, 1.82) is 0 Å². The van der Waals surface area contributed by atoms with Crippen LogP contribution in [-0.4, -0.2) is 10.7 Å². The highest BCUT2D eigenvalue weighted by atomic mass is 15.3. The smallest absolute Gasteiger partial charge is 0.0810 e. The summed E-state index contributed by atoms with van der Waals surface area (Å²) in [5, 5.41) is 4.31. The highest BCUT2D eigenvalue weighted by Gasteiger charge is 1.96. The lowest BCUT2D eigenvalue weighted by Crippen LogP contribution is -1.99. The van der Waals surface area contributed by atoms with E-state index in [0.717, 1.165) is 17.1 Å². The van der Waals surface area contributed by atoms with Gasteiger partial charge in [0.05, 0.1) is 17.1 Å². The van der Waals surface area contributed by atoms with E-state index in [1.165, 1.54) is 5.56 Å². The van der Waals surface area contributed by atoms with Crippen LogP contribution in [0.4, 0.5) is 5.69 Å². The van der Waals surface area contributed by atoms with Crippen molar-refractivity contribution in [2.24, 2.45) is 5.10 Å². The first-order valence-electron chi connectivity index (χ1n) is 5.26. The van der Waals surface area contributed by atoms with E-state index in [0.29, 0.717) is 0 Å². The van der Waals surface area contributed by atoms with Gasteiger partial charge in [0.25, 0.3) is 0 Å². The number of nitrogens with one attached hydrogen (secondary N) is 2. The number of hydrogen-bond donors (Lipinski definition) is 2. The minimum atomic E-state index is 0.937. The molecule has 2 rings (SSSR count). The van der Waals surface area contributed by atoms with Gasteiger partial charge in [-0.3, -0.25) is 5.43 Å². The Morgan fingerprint density at radius 2 is 2.12 bits per heavy atom. The number of aryl methyl sites for hydroxylation is 1. The maximum Gasteiger partial charge on any atom is 0.0810 e. The summed E-state index contributed by atoms with van der Waals surface area (Å²) in [6.07, 6.45) is 1.89. The number of hydrazone groups is 1. The Hall–Kier alpha value is -2.03. The van der Waals surface area contributed by atoms with Gasteiger partial charge in [-0.05, 0) is 43.7 Å². The Labute approximate surface area is 95.2 Å². The third kappa shape index (κ3) is 2.51. The maximum absolute atomic E-state index is 4.31. The van der Waals surface area contributed by atoms with Crippen LogP contribution in [0, 0.1) is 6.92 Å². The van der Waals surface area contributed by atoms with E-state index in [2.05, 4.69) is 34.6 Å². The molecule has 1 aromatic heterocycles. The van der Waals surface area contributed by atoms with Crippen LogP contribution in [-0.2, 0) is 0 Å². The maximum atomic E-state index is 4.31. The van der Waals surface area contributed by atoms with Crippen molar-refractivity contribution in [1.82, 2.24) is 4.98 Å². The van der Waals surface area contributed by atoms with E-state index in [1.54, 1.807) is 0 Å². The van der Waals surface area contributed by atoms with Crippen molar-refractivity contribution in [3.05, 3.63) is 53.9 Å². The second-order valence-electron chi connectivity index (χ2n) is 3.76. The molecule has 0 saturated heterocycles. The summed E-state index contributed by atoms with van der Waals surface area (Å²) in [6.45, 7) is 4.03. The van der Waals surface area contributed by atoms with E-state index in [9.17, 15) is 0 Å². The van der Waals surface area contributed by atoms with Gasteiger partial charge in [0, 0.05) is 6.20 Å². The van der Waals surface area contributed by atoms with Crippen molar-refractivity contribution in [3.8, 4) is 0 Å². The Balaban J connectivity index is 2.09. The molecule has 0 aliphatic heterocycles. The molecule has 2 aromatic rings.